The third-order valence-electron chi connectivity index (χ3n) is 2.26. The van der Waals surface area contributed by atoms with Crippen LogP contribution in [0.3, 0.4) is 0 Å². The van der Waals surface area contributed by atoms with Crippen molar-refractivity contribution < 1.29 is 24.2 Å². The lowest BCUT2D eigenvalue weighted by Gasteiger charge is -2.20. The predicted octanol–water partition coefficient (Wildman–Crippen LogP) is 5.02. The molecule has 0 aliphatic rings. The first kappa shape index (κ1) is 25.5. The highest BCUT2D eigenvalue weighted by atomic mass is 79.9. The van der Waals surface area contributed by atoms with Crippen LogP contribution in [-0.2, 0) is 14.3 Å². The van der Waals surface area contributed by atoms with Crippen LogP contribution in [0.2, 0.25) is 0 Å². The molecule has 0 saturated heterocycles. The summed E-state index contributed by atoms with van der Waals surface area (Å²) in [5, 5.41) is 12.1. The molecule has 0 aromatic heterocycles. The average Bonchev–Trinajstić information content (AvgIpc) is 2.51. The number of ether oxygens (including phenoxy) is 2. The number of halogens is 1. The van der Waals surface area contributed by atoms with E-state index in [0.29, 0.717) is 17.6 Å². The number of carbonyl (C=O) groups excluding carboxylic acids is 2. The molecule has 6 nitrogen and oxygen atoms in total. The van der Waals surface area contributed by atoms with Crippen molar-refractivity contribution in [1.82, 2.24) is 0 Å². The zero-order valence-electron chi connectivity index (χ0n) is 16.1. The van der Waals surface area contributed by atoms with Gasteiger partial charge in [-0.2, -0.15) is 0 Å². The van der Waals surface area contributed by atoms with Crippen molar-refractivity contribution in [3.05, 3.63) is 23.8 Å². The Bertz CT molecular complexity index is 527. The highest BCUT2D eigenvalue weighted by Crippen LogP contribution is 2.20. The first-order valence-corrected chi connectivity index (χ1v) is 9.22. The molecular formula is C18H30BrNO5. The SMILES string of the molecule is CC.CCOC(=O)CBr.Cc1cc(O)ccc1NC(=O)OC(C)(C)C. The van der Waals surface area contributed by atoms with Gasteiger partial charge in [-0.25, -0.2) is 4.79 Å². The summed E-state index contributed by atoms with van der Waals surface area (Å²) >= 11 is 2.94. The number of esters is 1. The Morgan fingerprint density at radius 1 is 1.24 bits per heavy atom. The Hall–Kier alpha value is -1.76. The number of anilines is 1. The van der Waals surface area contributed by atoms with Crippen LogP contribution in [0.25, 0.3) is 0 Å². The second-order valence-electron chi connectivity index (χ2n) is 5.56. The van der Waals surface area contributed by atoms with Gasteiger partial charge in [0, 0.05) is 5.69 Å². The lowest BCUT2D eigenvalue weighted by molar-refractivity contribution is -0.139. The molecule has 0 heterocycles. The van der Waals surface area contributed by atoms with Crippen LogP contribution in [0.4, 0.5) is 10.5 Å². The maximum Gasteiger partial charge on any atom is 0.412 e. The molecule has 2 N–H and O–H groups in total. The van der Waals surface area contributed by atoms with Crippen molar-refractivity contribution in [3.63, 3.8) is 0 Å². The monoisotopic (exact) mass is 419 g/mol. The van der Waals surface area contributed by atoms with Gasteiger partial charge in [0.15, 0.2) is 0 Å². The van der Waals surface area contributed by atoms with Crippen molar-refractivity contribution in [2.75, 3.05) is 17.3 Å². The van der Waals surface area contributed by atoms with Gasteiger partial charge in [0.05, 0.1) is 6.61 Å². The average molecular weight is 420 g/mol. The largest absolute Gasteiger partial charge is 0.508 e. The number of hydrogen-bond donors (Lipinski definition) is 2. The molecule has 7 heteroatoms. The number of rotatable bonds is 3. The van der Waals surface area contributed by atoms with Crippen molar-refractivity contribution in [3.8, 4) is 5.75 Å². The van der Waals surface area contributed by atoms with Crippen LogP contribution in [0, 0.1) is 6.92 Å². The van der Waals surface area contributed by atoms with Gasteiger partial charge < -0.3 is 14.6 Å². The fraction of sp³-hybridized carbons (Fsp3) is 0.556. The lowest BCUT2D eigenvalue weighted by Crippen LogP contribution is -2.27. The number of alkyl halides is 1. The zero-order chi connectivity index (χ0) is 20.0. The minimum atomic E-state index is -0.519. The fourth-order valence-electron chi connectivity index (χ4n) is 1.40. The van der Waals surface area contributed by atoms with E-state index < -0.39 is 11.7 Å². The molecule has 0 aliphatic carbocycles. The van der Waals surface area contributed by atoms with Crippen LogP contribution in [-0.4, -0.2) is 34.7 Å². The van der Waals surface area contributed by atoms with Crippen LogP contribution in [0.5, 0.6) is 5.75 Å². The molecule has 0 saturated carbocycles. The minimum absolute atomic E-state index is 0.173. The number of amides is 1. The van der Waals surface area contributed by atoms with E-state index in [0.717, 1.165) is 5.56 Å². The van der Waals surface area contributed by atoms with Gasteiger partial charge in [-0.3, -0.25) is 10.1 Å². The van der Waals surface area contributed by atoms with E-state index in [1.807, 2.05) is 13.8 Å². The predicted molar refractivity (Wildman–Crippen MR) is 104 cm³/mol. The minimum Gasteiger partial charge on any atom is -0.508 e. The van der Waals surface area contributed by atoms with Gasteiger partial charge in [0.2, 0.25) is 0 Å². The standard InChI is InChI=1S/C12H17NO3.C4H7BrO2.C2H6/c1-8-7-9(14)5-6-10(8)13-11(15)16-12(2,3)4;1-2-7-4(6)3-5;1-2/h5-7,14H,1-4H3,(H,13,15);2-3H2,1H3;1-2H3. The Morgan fingerprint density at radius 3 is 2.16 bits per heavy atom. The van der Waals surface area contributed by atoms with Crippen LogP contribution in [0.15, 0.2) is 18.2 Å². The smallest absolute Gasteiger partial charge is 0.412 e. The summed E-state index contributed by atoms with van der Waals surface area (Å²) in [7, 11) is 0. The van der Waals surface area contributed by atoms with Gasteiger partial charge in [0.1, 0.15) is 16.7 Å². The topological polar surface area (TPSA) is 84.9 Å². The van der Waals surface area contributed by atoms with Crippen molar-refractivity contribution in [2.24, 2.45) is 0 Å². The third-order valence-corrected chi connectivity index (χ3v) is 2.72. The Labute approximate surface area is 159 Å². The molecule has 144 valence electrons. The van der Waals surface area contributed by atoms with E-state index in [2.05, 4.69) is 26.0 Å². The molecule has 0 atom stereocenters. The number of benzene rings is 1. The first-order valence-electron chi connectivity index (χ1n) is 8.10. The molecule has 0 fully saturated rings. The van der Waals surface area contributed by atoms with Gasteiger partial charge in [-0.15, -0.1) is 0 Å². The van der Waals surface area contributed by atoms with Crippen LogP contribution in [0.1, 0.15) is 47.1 Å². The van der Waals surface area contributed by atoms with Gasteiger partial charge >= 0.3 is 12.1 Å². The molecule has 0 radical (unpaired) electrons. The highest BCUT2D eigenvalue weighted by Gasteiger charge is 2.16. The molecule has 1 amide bonds. The molecule has 1 aromatic carbocycles. The second-order valence-corrected chi connectivity index (χ2v) is 6.13. The Kier molecular flexibility index (Phi) is 13.8. The number of hydrogen-bond acceptors (Lipinski definition) is 5. The summed E-state index contributed by atoms with van der Waals surface area (Å²) in [6.07, 6.45) is -0.499. The maximum absolute atomic E-state index is 11.5. The fourth-order valence-corrected chi connectivity index (χ4v) is 1.56. The molecule has 0 spiro atoms. The molecule has 1 rings (SSSR count). The van der Waals surface area contributed by atoms with Crippen molar-refractivity contribution in [2.45, 2.75) is 54.1 Å². The number of carbonyl (C=O) groups is 2. The van der Waals surface area contributed by atoms with Crippen LogP contribution >= 0.6 is 15.9 Å². The number of aryl methyl sites for hydroxylation is 1. The molecule has 0 bridgehead atoms. The molecule has 0 unspecified atom stereocenters. The summed E-state index contributed by atoms with van der Waals surface area (Å²) in [4.78, 5) is 21.6. The quantitative estimate of drug-likeness (QED) is 0.408. The molecule has 1 aromatic rings. The molecule has 0 aliphatic heterocycles. The lowest BCUT2D eigenvalue weighted by atomic mass is 10.2. The normalized spacial score (nSPS) is 9.60. The van der Waals surface area contributed by atoms with Crippen molar-refractivity contribution in [1.29, 1.82) is 0 Å². The van der Waals surface area contributed by atoms with Gasteiger partial charge in [0.25, 0.3) is 0 Å². The van der Waals surface area contributed by atoms with E-state index in [9.17, 15) is 14.7 Å². The maximum atomic E-state index is 11.5. The summed E-state index contributed by atoms with van der Waals surface area (Å²) in [6.45, 7) is 13.4. The van der Waals surface area contributed by atoms with Gasteiger partial charge in [-0.1, -0.05) is 29.8 Å². The Balaban J connectivity index is 0. The summed E-state index contributed by atoms with van der Waals surface area (Å²) < 4.78 is 9.62. The third kappa shape index (κ3) is 14.3. The van der Waals surface area contributed by atoms with E-state index in [4.69, 9.17) is 4.74 Å². The van der Waals surface area contributed by atoms with E-state index in [1.54, 1.807) is 46.8 Å². The summed E-state index contributed by atoms with van der Waals surface area (Å²) in [5.41, 5.74) is 0.896. The summed E-state index contributed by atoms with van der Waals surface area (Å²) in [5.74, 6) is -0.0326. The molecule has 25 heavy (non-hydrogen) atoms. The number of phenolic OH excluding ortho intramolecular Hbond substituents is 1. The number of aromatic hydroxyl groups is 1. The zero-order valence-corrected chi connectivity index (χ0v) is 17.7. The van der Waals surface area contributed by atoms with Crippen LogP contribution < -0.4 is 5.32 Å². The number of nitrogens with one attached hydrogen (secondary N) is 1. The van der Waals surface area contributed by atoms with E-state index >= 15 is 0 Å². The first-order chi connectivity index (χ1) is 11.6. The number of phenols is 1. The van der Waals surface area contributed by atoms with E-state index in [-0.39, 0.29) is 11.7 Å². The van der Waals surface area contributed by atoms with Crippen molar-refractivity contribution >= 4 is 33.7 Å². The Morgan fingerprint density at radius 2 is 1.80 bits per heavy atom. The van der Waals surface area contributed by atoms with Gasteiger partial charge in [-0.05, 0) is 58.4 Å². The second kappa shape index (κ2) is 13.5. The van der Waals surface area contributed by atoms with E-state index in [1.165, 1.54) is 6.07 Å². The summed E-state index contributed by atoms with van der Waals surface area (Å²) in [6, 6.07) is 4.72. The molecular weight excluding hydrogens is 390 g/mol. The highest BCUT2D eigenvalue weighted by molar-refractivity contribution is 9.09.